The molecule has 1 aliphatic rings. The normalized spacial score (nSPS) is 18.2. The zero-order valence-electron chi connectivity index (χ0n) is 10.6. The second-order valence-corrected chi connectivity index (χ2v) is 8.53. The standard InChI is InChI=1S/C12H18ClNO2S2/c1-9(10-3-4-10)14(2)18(15,16)12-6-5-11(17-12)7-8-13/h5-6,9-10H,3-4,7-8H2,1-2H3. The van der Waals surface area contributed by atoms with Crippen LogP contribution in [-0.4, -0.2) is 31.7 Å². The molecule has 1 heterocycles. The first-order valence-electron chi connectivity index (χ1n) is 6.09. The van der Waals surface area contributed by atoms with E-state index in [0.717, 1.165) is 24.1 Å². The lowest BCUT2D eigenvalue weighted by Crippen LogP contribution is -2.36. The van der Waals surface area contributed by atoms with Gasteiger partial charge < -0.3 is 0 Å². The van der Waals surface area contributed by atoms with Crippen LogP contribution in [0.25, 0.3) is 0 Å². The second kappa shape index (κ2) is 5.49. The molecular formula is C12H18ClNO2S2. The number of alkyl halides is 1. The van der Waals surface area contributed by atoms with Crippen LogP contribution in [0, 0.1) is 5.92 Å². The first-order chi connectivity index (χ1) is 8.46. The highest BCUT2D eigenvalue weighted by atomic mass is 35.5. The number of hydrogen-bond donors (Lipinski definition) is 0. The molecule has 0 aromatic carbocycles. The van der Waals surface area contributed by atoms with Crippen LogP contribution in [0.2, 0.25) is 0 Å². The molecular weight excluding hydrogens is 290 g/mol. The maximum absolute atomic E-state index is 12.4. The molecule has 1 aromatic rings. The molecule has 1 unspecified atom stereocenters. The van der Waals surface area contributed by atoms with Gasteiger partial charge in [-0.25, -0.2) is 8.42 Å². The Morgan fingerprint density at radius 3 is 2.72 bits per heavy atom. The van der Waals surface area contributed by atoms with Crippen molar-refractivity contribution < 1.29 is 8.42 Å². The fraction of sp³-hybridized carbons (Fsp3) is 0.667. The Morgan fingerprint density at radius 2 is 2.17 bits per heavy atom. The zero-order valence-corrected chi connectivity index (χ0v) is 13.0. The number of halogens is 1. The minimum Gasteiger partial charge on any atom is -0.206 e. The average Bonchev–Trinajstić information content (AvgIpc) is 3.07. The fourth-order valence-electron chi connectivity index (χ4n) is 1.96. The van der Waals surface area contributed by atoms with Crippen LogP contribution < -0.4 is 0 Å². The number of aryl methyl sites for hydroxylation is 1. The van der Waals surface area contributed by atoms with Crippen molar-refractivity contribution in [2.45, 2.75) is 36.4 Å². The van der Waals surface area contributed by atoms with E-state index in [0.29, 0.717) is 16.0 Å². The van der Waals surface area contributed by atoms with Crippen molar-refractivity contribution in [3.8, 4) is 0 Å². The van der Waals surface area contributed by atoms with Gasteiger partial charge in [-0.05, 0) is 44.2 Å². The van der Waals surface area contributed by atoms with Gasteiger partial charge in [-0.1, -0.05) is 0 Å². The summed E-state index contributed by atoms with van der Waals surface area (Å²) in [6, 6.07) is 3.64. The van der Waals surface area contributed by atoms with Gasteiger partial charge in [-0.15, -0.1) is 22.9 Å². The molecule has 1 atom stereocenters. The Morgan fingerprint density at radius 1 is 1.50 bits per heavy atom. The van der Waals surface area contributed by atoms with Gasteiger partial charge in [0, 0.05) is 23.8 Å². The van der Waals surface area contributed by atoms with Crippen molar-refractivity contribution in [2.24, 2.45) is 5.92 Å². The third-order valence-electron chi connectivity index (χ3n) is 3.49. The van der Waals surface area contributed by atoms with E-state index in [2.05, 4.69) is 0 Å². The lowest BCUT2D eigenvalue weighted by atomic mass is 10.2. The Balaban J connectivity index is 2.17. The van der Waals surface area contributed by atoms with Gasteiger partial charge >= 0.3 is 0 Å². The third-order valence-corrected chi connectivity index (χ3v) is 7.23. The number of hydrogen-bond acceptors (Lipinski definition) is 3. The molecule has 102 valence electrons. The van der Waals surface area contributed by atoms with Crippen LogP contribution in [0.4, 0.5) is 0 Å². The molecule has 1 aromatic heterocycles. The Labute approximate surface area is 118 Å². The van der Waals surface area contributed by atoms with Crippen molar-refractivity contribution in [3.05, 3.63) is 17.0 Å². The summed E-state index contributed by atoms with van der Waals surface area (Å²) < 4.78 is 26.8. The highest BCUT2D eigenvalue weighted by Crippen LogP contribution is 2.37. The molecule has 1 fully saturated rings. The van der Waals surface area contributed by atoms with Crippen molar-refractivity contribution in [3.63, 3.8) is 0 Å². The molecule has 0 N–H and O–H groups in total. The second-order valence-electron chi connectivity index (χ2n) is 4.76. The predicted molar refractivity (Wildman–Crippen MR) is 75.9 cm³/mol. The Bertz CT molecular complexity index is 508. The molecule has 1 aliphatic carbocycles. The largest absolute Gasteiger partial charge is 0.252 e. The van der Waals surface area contributed by atoms with E-state index < -0.39 is 10.0 Å². The number of nitrogens with zero attached hydrogens (tertiary/aromatic N) is 1. The predicted octanol–water partition coefficient (Wildman–Crippen LogP) is 2.95. The topological polar surface area (TPSA) is 37.4 Å². The number of rotatable bonds is 6. The van der Waals surface area contributed by atoms with Crippen molar-refractivity contribution >= 4 is 33.0 Å². The monoisotopic (exact) mass is 307 g/mol. The first-order valence-corrected chi connectivity index (χ1v) is 8.88. The lowest BCUT2D eigenvalue weighted by molar-refractivity contribution is 0.358. The molecule has 0 bridgehead atoms. The summed E-state index contributed by atoms with van der Waals surface area (Å²) in [5, 5.41) is 0. The van der Waals surface area contributed by atoms with Crippen LogP contribution in [0.15, 0.2) is 16.3 Å². The van der Waals surface area contributed by atoms with Crippen LogP contribution in [0.5, 0.6) is 0 Å². The van der Waals surface area contributed by atoms with E-state index in [4.69, 9.17) is 11.6 Å². The smallest absolute Gasteiger partial charge is 0.206 e. The Kier molecular flexibility index (Phi) is 4.36. The van der Waals surface area contributed by atoms with Crippen LogP contribution >= 0.6 is 22.9 Å². The highest BCUT2D eigenvalue weighted by Gasteiger charge is 2.36. The van der Waals surface area contributed by atoms with Crippen LogP contribution in [0.3, 0.4) is 0 Å². The summed E-state index contributed by atoms with van der Waals surface area (Å²) in [7, 11) is -1.65. The summed E-state index contributed by atoms with van der Waals surface area (Å²) in [4.78, 5) is 1.02. The number of thiophene rings is 1. The van der Waals surface area contributed by atoms with Crippen molar-refractivity contribution in [1.29, 1.82) is 0 Å². The van der Waals surface area contributed by atoms with Gasteiger partial charge in [-0.3, -0.25) is 0 Å². The van der Waals surface area contributed by atoms with Crippen LogP contribution in [-0.2, 0) is 16.4 Å². The van der Waals surface area contributed by atoms with Gasteiger partial charge in [0.05, 0.1) is 0 Å². The van der Waals surface area contributed by atoms with E-state index >= 15 is 0 Å². The summed E-state index contributed by atoms with van der Waals surface area (Å²) in [5.41, 5.74) is 0. The van der Waals surface area contributed by atoms with E-state index in [9.17, 15) is 8.42 Å². The summed E-state index contributed by atoms with van der Waals surface area (Å²) in [6.45, 7) is 1.99. The maximum atomic E-state index is 12.4. The molecule has 0 aliphatic heterocycles. The Hall–Kier alpha value is -0.100. The van der Waals surface area contributed by atoms with E-state index in [-0.39, 0.29) is 6.04 Å². The maximum Gasteiger partial charge on any atom is 0.252 e. The SMILES string of the molecule is CC(C1CC1)N(C)S(=O)(=O)c1ccc(CCCl)s1. The van der Waals surface area contributed by atoms with Crippen molar-refractivity contribution in [2.75, 3.05) is 12.9 Å². The molecule has 2 rings (SSSR count). The van der Waals surface area contributed by atoms with Gasteiger partial charge in [0.25, 0.3) is 10.0 Å². The molecule has 3 nitrogen and oxygen atoms in total. The molecule has 0 saturated heterocycles. The molecule has 18 heavy (non-hydrogen) atoms. The highest BCUT2D eigenvalue weighted by molar-refractivity contribution is 7.91. The summed E-state index contributed by atoms with van der Waals surface area (Å²) >= 11 is 7.00. The van der Waals surface area contributed by atoms with Gasteiger partial charge in [0.1, 0.15) is 4.21 Å². The van der Waals surface area contributed by atoms with Crippen molar-refractivity contribution in [1.82, 2.24) is 4.31 Å². The third kappa shape index (κ3) is 2.90. The van der Waals surface area contributed by atoms with E-state index in [1.807, 2.05) is 13.0 Å². The minimum absolute atomic E-state index is 0.0913. The van der Waals surface area contributed by atoms with Gasteiger partial charge in [0.2, 0.25) is 0 Å². The van der Waals surface area contributed by atoms with Crippen LogP contribution in [0.1, 0.15) is 24.6 Å². The summed E-state index contributed by atoms with van der Waals surface area (Å²) in [6.07, 6.45) is 3.01. The first kappa shape index (κ1) is 14.3. The quantitative estimate of drug-likeness (QED) is 0.758. The zero-order chi connectivity index (χ0) is 13.3. The van der Waals surface area contributed by atoms with Gasteiger partial charge in [0.15, 0.2) is 0 Å². The molecule has 6 heteroatoms. The molecule has 1 saturated carbocycles. The number of sulfonamides is 1. The minimum atomic E-state index is -3.33. The summed E-state index contributed by atoms with van der Waals surface area (Å²) in [5.74, 6) is 1.06. The fourth-order valence-corrected chi connectivity index (χ4v) is 5.24. The van der Waals surface area contributed by atoms with E-state index in [1.165, 1.54) is 15.6 Å². The molecule has 0 spiro atoms. The molecule has 0 radical (unpaired) electrons. The molecule has 0 amide bonds. The van der Waals surface area contributed by atoms with E-state index in [1.54, 1.807) is 13.1 Å². The average molecular weight is 308 g/mol. The van der Waals surface area contributed by atoms with Gasteiger partial charge in [-0.2, -0.15) is 4.31 Å². The lowest BCUT2D eigenvalue weighted by Gasteiger charge is -2.23.